The third kappa shape index (κ3) is 6.14. The Labute approximate surface area is 357 Å². The first-order chi connectivity index (χ1) is 30.7. The third-order valence-electron chi connectivity index (χ3n) is 11.9. The number of furan rings is 1. The van der Waals surface area contributed by atoms with Gasteiger partial charge < -0.3 is 8.98 Å². The molecule has 0 saturated carbocycles. The molecule has 0 spiro atoms. The molecule has 62 heavy (non-hydrogen) atoms. The second kappa shape index (κ2) is 14.7. The maximum absolute atomic E-state index is 6.71. The standard InChI is InChI=1S/C57H36N4O/c1-4-15-37(16-5-1)41-21-12-22-42(33-41)39-29-31-45(32-30-39)61-50-27-11-10-25-46(50)48-36-53-49(35-51(48)61)54-47(26-14-28-52(54)62-53)57-59-55(40-19-8-3-9-20-40)58-56(60-57)44-24-13-23-43(34-44)38-17-6-2-7-18-38/h1-36H. The fourth-order valence-corrected chi connectivity index (χ4v) is 8.87. The predicted octanol–water partition coefficient (Wildman–Crippen LogP) is 14.9. The van der Waals surface area contributed by atoms with Crippen LogP contribution in [-0.4, -0.2) is 19.5 Å². The van der Waals surface area contributed by atoms with Gasteiger partial charge in [0.05, 0.1) is 11.0 Å². The Hall–Kier alpha value is -8.41. The lowest BCUT2D eigenvalue weighted by atomic mass is 9.99. The summed E-state index contributed by atoms with van der Waals surface area (Å²) in [6, 6.07) is 76.3. The first-order valence-electron chi connectivity index (χ1n) is 20.8. The fourth-order valence-electron chi connectivity index (χ4n) is 8.87. The van der Waals surface area contributed by atoms with Crippen LogP contribution >= 0.6 is 0 Å². The van der Waals surface area contributed by atoms with Gasteiger partial charge in [-0.1, -0.05) is 170 Å². The first-order valence-corrected chi connectivity index (χ1v) is 20.8. The van der Waals surface area contributed by atoms with Crippen molar-refractivity contribution in [3.8, 4) is 73.2 Å². The number of hydrogen-bond acceptors (Lipinski definition) is 4. The molecule has 0 fully saturated rings. The highest BCUT2D eigenvalue weighted by molar-refractivity contribution is 6.19. The zero-order chi connectivity index (χ0) is 41.0. The summed E-state index contributed by atoms with van der Waals surface area (Å²) < 4.78 is 9.07. The van der Waals surface area contributed by atoms with Crippen LogP contribution in [0.2, 0.25) is 0 Å². The molecule has 5 heteroatoms. The van der Waals surface area contributed by atoms with Gasteiger partial charge in [0.2, 0.25) is 0 Å². The fraction of sp³-hybridized carbons (Fsp3) is 0. The number of para-hydroxylation sites is 1. The topological polar surface area (TPSA) is 56.7 Å². The van der Waals surface area contributed by atoms with E-state index in [1.807, 2.05) is 48.5 Å². The lowest BCUT2D eigenvalue weighted by Gasteiger charge is -2.11. The van der Waals surface area contributed by atoms with Crippen LogP contribution in [0.3, 0.4) is 0 Å². The highest BCUT2D eigenvalue weighted by atomic mass is 16.3. The Bertz CT molecular complexity index is 3610. The molecule has 12 aromatic rings. The van der Waals surface area contributed by atoms with E-state index in [1.54, 1.807) is 0 Å². The van der Waals surface area contributed by atoms with E-state index in [4.69, 9.17) is 19.4 Å². The third-order valence-corrected chi connectivity index (χ3v) is 11.9. The van der Waals surface area contributed by atoms with Gasteiger partial charge in [0, 0.05) is 43.9 Å². The summed E-state index contributed by atoms with van der Waals surface area (Å²) in [7, 11) is 0. The van der Waals surface area contributed by atoms with Crippen molar-refractivity contribution < 1.29 is 4.42 Å². The van der Waals surface area contributed by atoms with Crippen LogP contribution in [-0.2, 0) is 0 Å². The number of aromatic nitrogens is 4. The Morgan fingerprint density at radius 1 is 0.306 bits per heavy atom. The van der Waals surface area contributed by atoms with E-state index in [1.165, 1.54) is 22.3 Å². The molecule has 0 aliphatic heterocycles. The van der Waals surface area contributed by atoms with Crippen LogP contribution in [0, 0.1) is 0 Å². The molecule has 0 N–H and O–H groups in total. The zero-order valence-corrected chi connectivity index (χ0v) is 33.5. The summed E-state index contributed by atoms with van der Waals surface area (Å²) in [5, 5.41) is 4.25. The summed E-state index contributed by atoms with van der Waals surface area (Å²) in [6.45, 7) is 0. The second-order valence-electron chi connectivity index (χ2n) is 15.6. The van der Waals surface area contributed by atoms with Crippen LogP contribution in [0.1, 0.15) is 0 Å². The molecule has 0 saturated heterocycles. The summed E-state index contributed by atoms with van der Waals surface area (Å²) in [6.07, 6.45) is 0. The Kier molecular flexibility index (Phi) is 8.42. The van der Waals surface area contributed by atoms with E-state index in [0.29, 0.717) is 17.5 Å². The second-order valence-corrected chi connectivity index (χ2v) is 15.6. The molecule has 12 rings (SSSR count). The molecule has 0 atom stereocenters. The number of benzene rings is 9. The van der Waals surface area contributed by atoms with Crippen LogP contribution in [0.15, 0.2) is 223 Å². The van der Waals surface area contributed by atoms with Crippen LogP contribution in [0.5, 0.6) is 0 Å². The Morgan fingerprint density at radius 3 is 1.50 bits per heavy atom. The number of hydrogen-bond donors (Lipinski definition) is 0. The normalized spacial score (nSPS) is 11.5. The molecule has 0 aliphatic carbocycles. The molecule has 0 radical (unpaired) electrons. The lowest BCUT2D eigenvalue weighted by Crippen LogP contribution is -2.00. The van der Waals surface area contributed by atoms with Gasteiger partial charge in [0.15, 0.2) is 17.5 Å². The number of fused-ring (bicyclic) bond motifs is 6. The molecule has 9 aromatic carbocycles. The number of rotatable bonds is 7. The van der Waals surface area contributed by atoms with Gasteiger partial charge in [-0.2, -0.15) is 0 Å². The summed E-state index contributed by atoms with van der Waals surface area (Å²) in [5.74, 6) is 1.80. The van der Waals surface area contributed by atoms with Crippen LogP contribution in [0.4, 0.5) is 0 Å². The van der Waals surface area contributed by atoms with Gasteiger partial charge >= 0.3 is 0 Å². The van der Waals surface area contributed by atoms with Gasteiger partial charge in [0.25, 0.3) is 0 Å². The van der Waals surface area contributed by atoms with Gasteiger partial charge in [-0.25, -0.2) is 15.0 Å². The summed E-state index contributed by atoms with van der Waals surface area (Å²) in [4.78, 5) is 15.5. The maximum atomic E-state index is 6.71. The van der Waals surface area contributed by atoms with E-state index in [9.17, 15) is 0 Å². The molecule has 0 amide bonds. The van der Waals surface area contributed by atoms with Crippen molar-refractivity contribution in [1.29, 1.82) is 0 Å². The van der Waals surface area contributed by atoms with E-state index in [-0.39, 0.29) is 0 Å². The monoisotopic (exact) mass is 792 g/mol. The SMILES string of the molecule is c1ccc(-c2cccc(-c3ccc(-n4c5ccccc5c5cc6oc7cccc(-c8nc(-c9ccccc9)nc(-c9cccc(-c%10ccccc%10)c9)n8)c7c6cc54)cc3)c2)cc1. The van der Waals surface area contributed by atoms with Gasteiger partial charge in [-0.3, -0.25) is 0 Å². The molecule has 0 bridgehead atoms. The van der Waals surface area contributed by atoms with Crippen LogP contribution < -0.4 is 0 Å². The van der Waals surface area contributed by atoms with Crippen molar-refractivity contribution in [2.75, 3.05) is 0 Å². The summed E-state index contributed by atoms with van der Waals surface area (Å²) >= 11 is 0. The minimum atomic E-state index is 0.583. The van der Waals surface area contributed by atoms with E-state index in [2.05, 4.69) is 174 Å². The first kappa shape index (κ1) is 35.5. The zero-order valence-electron chi connectivity index (χ0n) is 33.5. The molecule has 5 nitrogen and oxygen atoms in total. The number of nitrogens with zero attached hydrogens (tertiary/aromatic N) is 4. The average Bonchev–Trinajstić information content (AvgIpc) is 3.89. The molecular formula is C57H36N4O. The lowest BCUT2D eigenvalue weighted by molar-refractivity contribution is 0.669. The smallest absolute Gasteiger partial charge is 0.164 e. The van der Waals surface area contributed by atoms with Gasteiger partial charge in [-0.05, 0) is 81.9 Å². The van der Waals surface area contributed by atoms with E-state index >= 15 is 0 Å². The highest BCUT2D eigenvalue weighted by Crippen LogP contribution is 2.42. The van der Waals surface area contributed by atoms with Gasteiger partial charge in [0.1, 0.15) is 11.2 Å². The maximum Gasteiger partial charge on any atom is 0.164 e. The predicted molar refractivity (Wildman–Crippen MR) is 254 cm³/mol. The molecule has 290 valence electrons. The van der Waals surface area contributed by atoms with E-state index < -0.39 is 0 Å². The Morgan fingerprint density at radius 2 is 0.823 bits per heavy atom. The molecule has 0 unspecified atom stereocenters. The average molecular weight is 793 g/mol. The van der Waals surface area contributed by atoms with Crippen molar-refractivity contribution in [1.82, 2.24) is 19.5 Å². The minimum Gasteiger partial charge on any atom is -0.456 e. The van der Waals surface area contributed by atoms with E-state index in [0.717, 1.165) is 77.2 Å². The Balaban J connectivity index is 1.02. The molecule has 3 heterocycles. The molecule has 0 aliphatic rings. The quantitative estimate of drug-likeness (QED) is 0.161. The largest absolute Gasteiger partial charge is 0.456 e. The minimum absolute atomic E-state index is 0.583. The van der Waals surface area contributed by atoms with Crippen LogP contribution in [0.25, 0.3) is 117 Å². The van der Waals surface area contributed by atoms with Crippen molar-refractivity contribution in [2.45, 2.75) is 0 Å². The van der Waals surface area contributed by atoms with Crippen molar-refractivity contribution in [3.05, 3.63) is 218 Å². The van der Waals surface area contributed by atoms with Crippen molar-refractivity contribution in [3.63, 3.8) is 0 Å². The van der Waals surface area contributed by atoms with Crippen molar-refractivity contribution in [2.24, 2.45) is 0 Å². The van der Waals surface area contributed by atoms with Crippen molar-refractivity contribution >= 4 is 43.7 Å². The molecular weight excluding hydrogens is 757 g/mol. The summed E-state index contributed by atoms with van der Waals surface area (Å²) in [5.41, 5.74) is 14.6. The molecule has 3 aromatic heterocycles. The highest BCUT2D eigenvalue weighted by Gasteiger charge is 2.21. The van der Waals surface area contributed by atoms with Gasteiger partial charge in [-0.15, -0.1) is 0 Å².